The number of halogens is 1. The topological polar surface area (TPSA) is 215 Å². The van der Waals surface area contributed by atoms with Crippen LogP contribution in [0.2, 0.25) is 0 Å². The lowest BCUT2D eigenvalue weighted by atomic mass is 10.0. The molecular formula is C30H37ClN12O6. The van der Waals surface area contributed by atoms with E-state index in [2.05, 4.69) is 73.5 Å². The number of nitrogens with zero attached hydrogens (tertiary/aromatic N) is 11. The fourth-order valence-electron chi connectivity index (χ4n) is 4.88. The summed E-state index contributed by atoms with van der Waals surface area (Å²) in [5.74, 6) is -0.979. The summed E-state index contributed by atoms with van der Waals surface area (Å²) in [6, 6.07) is 8.07. The predicted molar refractivity (Wildman–Crippen MR) is 170 cm³/mol. The third-order valence-corrected chi connectivity index (χ3v) is 7.81. The monoisotopic (exact) mass is 696 g/mol. The first-order valence-corrected chi connectivity index (χ1v) is 15.9. The lowest BCUT2D eigenvalue weighted by molar-refractivity contribution is -0.162. The Labute approximate surface area is 286 Å². The number of amides is 1. The molecule has 0 spiro atoms. The van der Waals surface area contributed by atoms with Crippen LogP contribution >= 0.6 is 11.6 Å². The molecule has 6 rings (SSSR count). The van der Waals surface area contributed by atoms with Crippen molar-refractivity contribution in [3.63, 3.8) is 0 Å². The average Bonchev–Trinajstić information content (AvgIpc) is 3.74. The summed E-state index contributed by atoms with van der Waals surface area (Å²) < 4.78 is 12.0. The highest BCUT2D eigenvalue weighted by Crippen LogP contribution is 2.31. The Morgan fingerprint density at radius 3 is 1.80 bits per heavy atom. The Morgan fingerprint density at radius 1 is 0.837 bits per heavy atom. The SMILES string of the molecule is COC(=O)C(=O)Cl.COC(=O)C(=O)N1CC[C@H]1c1nnnn1CCCc1cccnc1.c1cncc(CCCn2nnnc2[C@@H]2CCN2)c1. The van der Waals surface area contributed by atoms with E-state index in [1.54, 1.807) is 17.1 Å². The van der Waals surface area contributed by atoms with Crippen molar-refractivity contribution in [3.05, 3.63) is 71.8 Å². The summed E-state index contributed by atoms with van der Waals surface area (Å²) in [7, 11) is 2.28. The van der Waals surface area contributed by atoms with Gasteiger partial charge in [0.2, 0.25) is 0 Å². The highest BCUT2D eigenvalue weighted by Gasteiger charge is 2.40. The molecule has 2 fully saturated rings. The van der Waals surface area contributed by atoms with Gasteiger partial charge in [0.1, 0.15) is 0 Å². The molecule has 6 heterocycles. The summed E-state index contributed by atoms with van der Waals surface area (Å²) in [5.41, 5.74) is 2.41. The van der Waals surface area contributed by atoms with Crippen molar-refractivity contribution in [1.29, 1.82) is 0 Å². The molecule has 2 atom stereocenters. The van der Waals surface area contributed by atoms with Crippen molar-refractivity contribution in [3.8, 4) is 0 Å². The largest absolute Gasteiger partial charge is 0.462 e. The molecular weight excluding hydrogens is 660 g/mol. The number of hydrogen-bond acceptors (Lipinski definition) is 15. The fraction of sp³-hybridized carbons (Fsp3) is 0.467. The molecule has 1 N–H and O–H groups in total. The standard InChI is InChI=1S/C15H18N6O3.C12H16N6.C3H3ClO3/c1-24-15(23)14(22)20-9-6-12(20)13-17-18-19-21(13)8-3-5-11-4-2-7-16-10-11;1-3-10(9-13-6-1)4-2-8-18-12(15-16-17-18)11-5-7-14-11;1-7-3(6)2(4)5/h2,4,7,10,12H,3,5-6,8-9H2,1H3;1,3,6,9,11,14H,2,4-5,7-8H2;1H3/t12-;11-;/m00./s1. The third-order valence-electron chi connectivity index (χ3n) is 7.66. The second-order valence-electron chi connectivity index (χ2n) is 10.8. The van der Waals surface area contributed by atoms with Gasteiger partial charge in [-0.3, -0.25) is 19.6 Å². The van der Waals surface area contributed by atoms with E-state index in [4.69, 9.17) is 0 Å². The molecule has 19 heteroatoms. The maximum atomic E-state index is 11.9. The minimum absolute atomic E-state index is 0.273. The predicted octanol–water partition coefficient (Wildman–Crippen LogP) is 0.807. The van der Waals surface area contributed by atoms with E-state index >= 15 is 0 Å². The maximum absolute atomic E-state index is 11.9. The zero-order valence-electron chi connectivity index (χ0n) is 27.1. The van der Waals surface area contributed by atoms with E-state index in [-0.39, 0.29) is 6.04 Å². The average molecular weight is 697 g/mol. The van der Waals surface area contributed by atoms with Crippen LogP contribution in [0.1, 0.15) is 60.5 Å². The Bertz CT molecular complexity index is 1650. The molecule has 18 nitrogen and oxygen atoms in total. The van der Waals surface area contributed by atoms with Crippen LogP contribution < -0.4 is 5.32 Å². The number of aromatic nitrogens is 10. The molecule has 0 unspecified atom stereocenters. The first-order valence-electron chi connectivity index (χ1n) is 15.5. The Kier molecular flexibility index (Phi) is 14.1. The smallest absolute Gasteiger partial charge is 0.396 e. The van der Waals surface area contributed by atoms with Gasteiger partial charge in [0.25, 0.3) is 0 Å². The summed E-state index contributed by atoms with van der Waals surface area (Å²) in [4.78, 5) is 52.4. The van der Waals surface area contributed by atoms with Crippen LogP contribution in [0.3, 0.4) is 0 Å². The van der Waals surface area contributed by atoms with Crippen molar-refractivity contribution >= 4 is 34.7 Å². The zero-order valence-corrected chi connectivity index (χ0v) is 27.8. The van der Waals surface area contributed by atoms with Gasteiger partial charge in [-0.15, -0.1) is 10.2 Å². The maximum Gasteiger partial charge on any atom is 0.396 e. The lowest BCUT2D eigenvalue weighted by Crippen LogP contribution is -2.49. The molecule has 0 bridgehead atoms. The van der Waals surface area contributed by atoms with E-state index in [0.29, 0.717) is 25.0 Å². The number of carbonyl (C=O) groups excluding carboxylic acids is 4. The number of likely N-dealkylation sites (tertiary alicyclic amines) is 1. The highest BCUT2D eigenvalue weighted by molar-refractivity contribution is 6.80. The second kappa shape index (κ2) is 18.9. The number of hydrogen-bond donors (Lipinski definition) is 1. The van der Waals surface area contributed by atoms with Crippen LogP contribution in [-0.2, 0) is 54.6 Å². The third kappa shape index (κ3) is 10.6. The van der Waals surface area contributed by atoms with E-state index in [1.807, 2.05) is 35.3 Å². The van der Waals surface area contributed by atoms with Crippen LogP contribution in [0.25, 0.3) is 0 Å². The Balaban J connectivity index is 0.000000190. The lowest BCUT2D eigenvalue weighted by Gasteiger charge is -2.38. The minimum atomic E-state index is -1.09. The number of tetrazole rings is 2. The molecule has 0 saturated carbocycles. The van der Waals surface area contributed by atoms with Gasteiger partial charge in [-0.25, -0.2) is 19.0 Å². The van der Waals surface area contributed by atoms with Gasteiger partial charge in [0, 0.05) is 44.4 Å². The van der Waals surface area contributed by atoms with Crippen molar-refractivity contribution in [2.45, 2.75) is 63.7 Å². The Morgan fingerprint density at radius 2 is 1.39 bits per heavy atom. The number of ether oxygens (including phenoxy) is 2. The number of pyridine rings is 2. The van der Waals surface area contributed by atoms with Gasteiger partial charge in [-0.1, -0.05) is 12.1 Å². The highest BCUT2D eigenvalue weighted by atomic mass is 35.5. The quantitative estimate of drug-likeness (QED) is 0.130. The van der Waals surface area contributed by atoms with Gasteiger partial charge >= 0.3 is 23.1 Å². The minimum Gasteiger partial charge on any atom is -0.462 e. The van der Waals surface area contributed by atoms with E-state index in [0.717, 1.165) is 70.1 Å². The molecule has 0 aromatic carbocycles. The number of carbonyl (C=O) groups is 4. The molecule has 0 radical (unpaired) electrons. The normalized spacial score (nSPS) is 16.0. The fourth-order valence-corrected chi connectivity index (χ4v) is 4.96. The van der Waals surface area contributed by atoms with Gasteiger partial charge in [0.05, 0.1) is 26.3 Å². The second-order valence-corrected chi connectivity index (χ2v) is 11.1. The van der Waals surface area contributed by atoms with Crippen LogP contribution in [-0.4, -0.2) is 106 Å². The van der Waals surface area contributed by atoms with E-state index in [9.17, 15) is 19.2 Å². The molecule has 4 aromatic rings. The van der Waals surface area contributed by atoms with Crippen LogP contribution in [0.4, 0.5) is 0 Å². The summed E-state index contributed by atoms with van der Waals surface area (Å²) in [5, 5.41) is 25.9. The number of rotatable bonds is 11. The number of aryl methyl sites for hydroxylation is 4. The molecule has 49 heavy (non-hydrogen) atoms. The van der Waals surface area contributed by atoms with Crippen LogP contribution in [0.15, 0.2) is 49.1 Å². The van der Waals surface area contributed by atoms with Gasteiger partial charge in [-0.2, -0.15) is 0 Å². The summed E-state index contributed by atoms with van der Waals surface area (Å²) in [6.45, 7) is 3.05. The van der Waals surface area contributed by atoms with Crippen molar-refractivity contribution < 1.29 is 28.7 Å². The number of nitrogens with one attached hydrogen (secondary N) is 1. The molecule has 0 aliphatic carbocycles. The Hall–Kier alpha value is -5.23. The molecule has 1 amide bonds. The van der Waals surface area contributed by atoms with E-state index < -0.39 is 23.1 Å². The van der Waals surface area contributed by atoms with Gasteiger partial charge in [0.15, 0.2) is 11.6 Å². The van der Waals surface area contributed by atoms with Gasteiger partial charge < -0.3 is 19.7 Å². The number of methoxy groups -OCH3 is 2. The molecule has 2 saturated heterocycles. The van der Waals surface area contributed by atoms with Crippen molar-refractivity contribution in [2.75, 3.05) is 27.3 Å². The first kappa shape index (κ1) is 36.6. The van der Waals surface area contributed by atoms with Gasteiger partial charge in [-0.05, 0) is 101 Å². The number of esters is 2. The van der Waals surface area contributed by atoms with Crippen LogP contribution in [0.5, 0.6) is 0 Å². The zero-order chi connectivity index (χ0) is 35.0. The summed E-state index contributed by atoms with van der Waals surface area (Å²) >= 11 is 4.61. The van der Waals surface area contributed by atoms with Crippen molar-refractivity contribution in [1.82, 2.24) is 60.6 Å². The summed E-state index contributed by atoms with van der Waals surface area (Å²) in [6.07, 6.45) is 12.9. The van der Waals surface area contributed by atoms with E-state index in [1.165, 1.54) is 17.6 Å². The molecule has 2 aliphatic rings. The van der Waals surface area contributed by atoms with Crippen LogP contribution in [0, 0.1) is 0 Å². The van der Waals surface area contributed by atoms with Crippen molar-refractivity contribution in [2.24, 2.45) is 0 Å². The first-order chi connectivity index (χ1) is 23.8. The molecule has 2 aliphatic heterocycles. The molecule has 4 aromatic heterocycles. The molecule has 260 valence electrons.